The van der Waals surface area contributed by atoms with Gasteiger partial charge >= 0.3 is 0 Å². The number of para-hydroxylation sites is 1. The van der Waals surface area contributed by atoms with Gasteiger partial charge in [-0.2, -0.15) is 0 Å². The number of hydrogen-bond acceptors (Lipinski definition) is 5. The summed E-state index contributed by atoms with van der Waals surface area (Å²) in [6.07, 6.45) is 6.12. The minimum Gasteiger partial charge on any atom is -0.507 e. The van der Waals surface area contributed by atoms with Crippen molar-refractivity contribution in [2.24, 2.45) is 9.98 Å². The zero-order valence-corrected chi connectivity index (χ0v) is 13.1. The second-order valence-electron chi connectivity index (χ2n) is 5.05. The summed E-state index contributed by atoms with van der Waals surface area (Å²) in [4.78, 5) is 10.0. The van der Waals surface area contributed by atoms with Crippen molar-refractivity contribution in [2.45, 2.75) is 0 Å². The Labute approximate surface area is 135 Å². The monoisotopic (exact) mass is 309 g/mol. The lowest BCUT2D eigenvalue weighted by Gasteiger charge is -2.12. The molecule has 0 saturated carbocycles. The predicted octanol–water partition coefficient (Wildman–Crippen LogP) is 3.17. The van der Waals surface area contributed by atoms with Crippen molar-refractivity contribution >= 4 is 18.1 Å². The van der Waals surface area contributed by atoms with Crippen LogP contribution in [-0.4, -0.2) is 36.7 Å². The van der Waals surface area contributed by atoms with Gasteiger partial charge in [-0.05, 0) is 24.3 Å². The number of aliphatic imine (C=N–C) groups is 2. The fourth-order valence-electron chi connectivity index (χ4n) is 1.84. The summed E-state index contributed by atoms with van der Waals surface area (Å²) >= 11 is 0. The highest BCUT2D eigenvalue weighted by molar-refractivity contribution is 5.85. The molecule has 0 aliphatic rings. The molecule has 2 aromatic carbocycles. The van der Waals surface area contributed by atoms with E-state index in [1.165, 1.54) is 12.4 Å². The topological polar surface area (TPSA) is 68.4 Å². The van der Waals surface area contributed by atoms with E-state index < -0.39 is 0 Å². The largest absolute Gasteiger partial charge is 0.507 e. The Morgan fingerprint density at radius 2 is 1.43 bits per heavy atom. The Morgan fingerprint density at radius 3 is 2.00 bits per heavy atom. The molecule has 23 heavy (non-hydrogen) atoms. The van der Waals surface area contributed by atoms with E-state index in [1.54, 1.807) is 42.8 Å². The average Bonchev–Trinajstić information content (AvgIpc) is 2.53. The van der Waals surface area contributed by atoms with E-state index in [0.717, 1.165) is 5.69 Å². The van der Waals surface area contributed by atoms with E-state index in [4.69, 9.17) is 0 Å². The summed E-state index contributed by atoms with van der Waals surface area (Å²) in [5.74, 6) is 0.352. The molecule has 0 aliphatic heterocycles. The number of phenolic OH excluding ortho intramolecular Hbond substituents is 2. The molecular weight excluding hydrogens is 290 g/mol. The number of phenols is 2. The molecule has 118 valence electrons. The van der Waals surface area contributed by atoms with Crippen LogP contribution in [0.15, 0.2) is 64.8 Å². The third-order valence-electron chi connectivity index (χ3n) is 3.13. The Kier molecular flexibility index (Phi) is 5.52. The van der Waals surface area contributed by atoms with Crippen LogP contribution in [-0.2, 0) is 0 Å². The summed E-state index contributed by atoms with van der Waals surface area (Å²) in [6.45, 7) is 0. The number of hydrogen-bond donors (Lipinski definition) is 2. The normalized spacial score (nSPS) is 11.7. The number of aromatic hydroxyl groups is 2. The van der Waals surface area contributed by atoms with Gasteiger partial charge in [-0.3, -0.25) is 9.98 Å². The molecule has 0 amide bonds. The maximum absolute atomic E-state index is 9.92. The standard InChI is InChI=1S/C18H19N3O2/c1-21(2)16-8-7-15(18(23)11-16)13-20-10-9-19-12-14-5-3-4-6-17(14)22/h3-13,22-23H,1-2H3/b10-9+,19-12?,20-13?. The van der Waals surface area contributed by atoms with Crippen LogP contribution in [0, 0.1) is 0 Å². The third kappa shape index (κ3) is 4.71. The zero-order valence-electron chi connectivity index (χ0n) is 13.1. The maximum atomic E-state index is 9.92. The van der Waals surface area contributed by atoms with Crippen LogP contribution >= 0.6 is 0 Å². The molecule has 2 aromatic rings. The van der Waals surface area contributed by atoms with Gasteiger partial charge < -0.3 is 15.1 Å². The Bertz CT molecular complexity index is 750. The molecule has 0 unspecified atom stereocenters. The lowest BCUT2D eigenvalue weighted by atomic mass is 10.2. The molecule has 0 spiro atoms. The molecule has 2 rings (SSSR count). The Morgan fingerprint density at radius 1 is 0.826 bits per heavy atom. The van der Waals surface area contributed by atoms with Gasteiger partial charge in [-0.1, -0.05) is 12.1 Å². The van der Waals surface area contributed by atoms with Crippen molar-refractivity contribution in [3.05, 3.63) is 66.0 Å². The van der Waals surface area contributed by atoms with Gasteiger partial charge in [-0.25, -0.2) is 0 Å². The van der Waals surface area contributed by atoms with Crippen molar-refractivity contribution in [1.82, 2.24) is 0 Å². The van der Waals surface area contributed by atoms with Crippen LogP contribution in [0.5, 0.6) is 11.5 Å². The molecule has 0 heterocycles. The number of nitrogens with zero attached hydrogens (tertiary/aromatic N) is 3. The smallest absolute Gasteiger partial charge is 0.126 e. The molecule has 2 N–H and O–H groups in total. The molecule has 5 heteroatoms. The molecule has 0 radical (unpaired) electrons. The highest BCUT2D eigenvalue weighted by Crippen LogP contribution is 2.22. The highest BCUT2D eigenvalue weighted by Gasteiger charge is 2.01. The number of benzene rings is 2. The SMILES string of the molecule is CN(C)c1ccc(C=N/C=C/N=Cc2ccccc2O)c(O)c1. The predicted molar refractivity (Wildman–Crippen MR) is 94.9 cm³/mol. The van der Waals surface area contributed by atoms with Crippen molar-refractivity contribution < 1.29 is 10.2 Å². The highest BCUT2D eigenvalue weighted by atomic mass is 16.3. The maximum Gasteiger partial charge on any atom is 0.126 e. The van der Waals surface area contributed by atoms with Crippen LogP contribution in [0.4, 0.5) is 5.69 Å². The van der Waals surface area contributed by atoms with E-state index in [1.807, 2.05) is 31.1 Å². The minimum absolute atomic E-state index is 0.172. The van der Waals surface area contributed by atoms with Gasteiger partial charge in [-0.15, -0.1) is 0 Å². The lowest BCUT2D eigenvalue weighted by molar-refractivity contribution is 0.474. The fraction of sp³-hybridized carbons (Fsp3) is 0.111. The van der Waals surface area contributed by atoms with Crippen LogP contribution in [0.2, 0.25) is 0 Å². The molecule has 5 nitrogen and oxygen atoms in total. The van der Waals surface area contributed by atoms with E-state index in [0.29, 0.717) is 11.1 Å². The summed E-state index contributed by atoms with van der Waals surface area (Å²) < 4.78 is 0. The van der Waals surface area contributed by atoms with Gasteiger partial charge in [0.1, 0.15) is 11.5 Å². The molecule has 0 atom stereocenters. The number of rotatable bonds is 5. The average molecular weight is 309 g/mol. The van der Waals surface area contributed by atoms with Gasteiger partial charge in [0.2, 0.25) is 0 Å². The van der Waals surface area contributed by atoms with E-state index in [2.05, 4.69) is 9.98 Å². The van der Waals surface area contributed by atoms with Gasteiger partial charge in [0.25, 0.3) is 0 Å². The van der Waals surface area contributed by atoms with Crippen LogP contribution in [0.3, 0.4) is 0 Å². The van der Waals surface area contributed by atoms with E-state index >= 15 is 0 Å². The van der Waals surface area contributed by atoms with Crippen LogP contribution in [0.1, 0.15) is 11.1 Å². The van der Waals surface area contributed by atoms with Gasteiger partial charge in [0.15, 0.2) is 0 Å². The number of anilines is 1. The first-order valence-electron chi connectivity index (χ1n) is 7.07. The van der Waals surface area contributed by atoms with Crippen LogP contribution in [0.25, 0.3) is 0 Å². The first-order chi connectivity index (χ1) is 11.1. The molecule has 0 aromatic heterocycles. The van der Waals surface area contributed by atoms with E-state index in [-0.39, 0.29) is 11.5 Å². The van der Waals surface area contributed by atoms with Crippen molar-refractivity contribution in [1.29, 1.82) is 0 Å². The van der Waals surface area contributed by atoms with E-state index in [9.17, 15) is 10.2 Å². The molecule has 0 saturated heterocycles. The van der Waals surface area contributed by atoms with Crippen molar-refractivity contribution in [3.8, 4) is 11.5 Å². The second kappa shape index (κ2) is 7.79. The summed E-state index contributed by atoms with van der Waals surface area (Å²) in [5, 5.41) is 19.5. The second-order valence-corrected chi connectivity index (χ2v) is 5.05. The summed E-state index contributed by atoms with van der Waals surface area (Å²) in [6, 6.07) is 12.3. The first-order valence-corrected chi connectivity index (χ1v) is 7.07. The van der Waals surface area contributed by atoms with Crippen LogP contribution < -0.4 is 4.90 Å². The van der Waals surface area contributed by atoms with Gasteiger partial charge in [0.05, 0.1) is 0 Å². The lowest BCUT2D eigenvalue weighted by Crippen LogP contribution is -2.08. The quantitative estimate of drug-likeness (QED) is 0.834. The minimum atomic E-state index is 0.172. The molecule has 0 aliphatic carbocycles. The Balaban J connectivity index is 1.98. The van der Waals surface area contributed by atoms with Gasteiger partial charge in [0, 0.05) is 61.8 Å². The van der Waals surface area contributed by atoms with Crippen molar-refractivity contribution in [2.75, 3.05) is 19.0 Å². The molecule has 0 bridgehead atoms. The Hall–Kier alpha value is -3.08. The molecular formula is C18H19N3O2. The zero-order chi connectivity index (χ0) is 16.7. The first kappa shape index (κ1) is 16.3. The summed E-state index contributed by atoms with van der Waals surface area (Å²) in [7, 11) is 3.82. The fourth-order valence-corrected chi connectivity index (χ4v) is 1.84. The third-order valence-corrected chi connectivity index (χ3v) is 3.13. The molecule has 0 fully saturated rings. The summed E-state index contributed by atoms with van der Waals surface area (Å²) in [5.41, 5.74) is 2.19. The van der Waals surface area contributed by atoms with Crippen molar-refractivity contribution in [3.63, 3.8) is 0 Å².